The Morgan fingerprint density at radius 1 is 1.10 bits per heavy atom. The molecule has 1 saturated heterocycles. The van der Waals surface area contributed by atoms with Crippen molar-refractivity contribution < 1.29 is 4.79 Å². The number of hydrogen-bond donors (Lipinski definition) is 1. The average molecular weight is 301 g/mol. The van der Waals surface area contributed by atoms with E-state index in [0.717, 1.165) is 17.8 Å². The van der Waals surface area contributed by atoms with Gasteiger partial charge in [0, 0.05) is 18.8 Å². The molecule has 1 amide bonds. The molecule has 0 spiro atoms. The molecule has 1 N–H and O–H groups in total. The molecule has 100 valence electrons. The van der Waals surface area contributed by atoms with Crippen molar-refractivity contribution >= 4 is 34.2 Å². The van der Waals surface area contributed by atoms with Gasteiger partial charge in [0.05, 0.1) is 17.1 Å². The molecule has 0 radical (unpaired) electrons. The summed E-state index contributed by atoms with van der Waals surface area (Å²) < 4.78 is 0.602. The summed E-state index contributed by atoms with van der Waals surface area (Å²) in [4.78, 5) is 18.9. The number of carbonyl (C=O) groups is 1. The lowest BCUT2D eigenvalue weighted by atomic mass is 10.2. The van der Waals surface area contributed by atoms with E-state index in [0.29, 0.717) is 10.1 Å². The fraction of sp³-hybridized carbons (Fsp3) is 0.143. The molecule has 2 aromatic heterocycles. The van der Waals surface area contributed by atoms with E-state index in [1.807, 2.05) is 24.5 Å². The van der Waals surface area contributed by atoms with Crippen LogP contribution in [0.1, 0.15) is 11.1 Å². The van der Waals surface area contributed by atoms with Gasteiger partial charge in [-0.3, -0.25) is 14.8 Å². The summed E-state index contributed by atoms with van der Waals surface area (Å²) in [5.74, 6) is 0.522. The van der Waals surface area contributed by atoms with Crippen LogP contribution < -0.4 is 5.32 Å². The molecule has 2 aliphatic rings. The minimum Gasteiger partial charge on any atom is -0.311 e. The van der Waals surface area contributed by atoms with Crippen molar-refractivity contribution in [3.05, 3.63) is 47.8 Å². The van der Waals surface area contributed by atoms with Gasteiger partial charge in [0.25, 0.3) is 0 Å². The second-order valence-electron chi connectivity index (χ2n) is 4.32. The van der Waals surface area contributed by atoms with Gasteiger partial charge in [0.1, 0.15) is 4.32 Å². The molecule has 2 aromatic rings. The van der Waals surface area contributed by atoms with Gasteiger partial charge in [0.2, 0.25) is 5.91 Å². The predicted molar refractivity (Wildman–Crippen MR) is 83.5 cm³/mol. The monoisotopic (exact) mass is 301 g/mol. The van der Waals surface area contributed by atoms with Crippen LogP contribution in [0.15, 0.2) is 36.7 Å². The zero-order chi connectivity index (χ0) is 13.9. The third kappa shape index (κ3) is 2.71. The molecule has 1 aliphatic heterocycles. The van der Waals surface area contributed by atoms with Crippen LogP contribution in [-0.4, -0.2) is 25.9 Å². The van der Waals surface area contributed by atoms with Crippen molar-refractivity contribution in [1.29, 1.82) is 0 Å². The van der Waals surface area contributed by atoms with Crippen molar-refractivity contribution in [2.75, 3.05) is 5.75 Å². The Balaban J connectivity index is 0.000000147. The van der Waals surface area contributed by atoms with Gasteiger partial charge in [-0.25, -0.2) is 0 Å². The molecule has 0 saturated carbocycles. The van der Waals surface area contributed by atoms with Crippen molar-refractivity contribution in [3.8, 4) is 11.4 Å². The number of nitrogens with one attached hydrogen (secondary N) is 1. The Labute approximate surface area is 126 Å². The summed E-state index contributed by atoms with van der Waals surface area (Å²) in [6.07, 6.45) is 4.62. The highest BCUT2D eigenvalue weighted by molar-refractivity contribution is 8.24. The second-order valence-corrected chi connectivity index (χ2v) is 5.98. The quantitative estimate of drug-likeness (QED) is 0.645. The maximum Gasteiger partial charge on any atom is 0.235 e. The van der Waals surface area contributed by atoms with Crippen molar-refractivity contribution in [1.82, 2.24) is 15.3 Å². The number of amides is 1. The topological polar surface area (TPSA) is 54.9 Å². The number of pyridine rings is 2. The van der Waals surface area contributed by atoms with Crippen LogP contribution in [-0.2, 0) is 11.2 Å². The van der Waals surface area contributed by atoms with Gasteiger partial charge in [-0.1, -0.05) is 36.1 Å². The van der Waals surface area contributed by atoms with Crippen molar-refractivity contribution in [2.24, 2.45) is 0 Å². The van der Waals surface area contributed by atoms with E-state index in [1.165, 1.54) is 22.9 Å². The molecule has 0 unspecified atom stereocenters. The number of thiocarbonyl (C=S) groups is 1. The first kappa shape index (κ1) is 13.2. The number of hydrogen-bond acceptors (Lipinski definition) is 5. The van der Waals surface area contributed by atoms with E-state index in [-0.39, 0.29) is 5.91 Å². The number of aromatic nitrogens is 2. The average Bonchev–Trinajstić information content (AvgIpc) is 3.02. The lowest BCUT2D eigenvalue weighted by molar-refractivity contribution is -0.116. The van der Waals surface area contributed by atoms with Crippen LogP contribution in [0.5, 0.6) is 0 Å². The Morgan fingerprint density at radius 3 is 2.10 bits per heavy atom. The van der Waals surface area contributed by atoms with E-state index in [9.17, 15) is 4.79 Å². The molecule has 0 bridgehead atoms. The summed E-state index contributed by atoms with van der Waals surface area (Å²) in [6.45, 7) is 0. The fourth-order valence-corrected chi connectivity index (χ4v) is 2.92. The third-order valence-corrected chi connectivity index (χ3v) is 4.19. The Hall–Kier alpha value is -1.79. The van der Waals surface area contributed by atoms with Crippen LogP contribution in [0.2, 0.25) is 0 Å². The Kier molecular flexibility index (Phi) is 3.75. The van der Waals surface area contributed by atoms with Crippen LogP contribution in [0, 0.1) is 0 Å². The van der Waals surface area contributed by atoms with E-state index >= 15 is 0 Å². The predicted octanol–water partition coefficient (Wildman–Crippen LogP) is 2.18. The zero-order valence-electron chi connectivity index (χ0n) is 10.5. The summed E-state index contributed by atoms with van der Waals surface area (Å²) >= 11 is 6.00. The number of rotatable bonds is 0. The van der Waals surface area contributed by atoms with Gasteiger partial charge in [0.15, 0.2) is 0 Å². The fourth-order valence-electron chi connectivity index (χ4n) is 2.11. The number of carbonyl (C=O) groups excluding carboxylic acids is 1. The highest BCUT2D eigenvalue weighted by Gasteiger charge is 2.19. The van der Waals surface area contributed by atoms with E-state index in [2.05, 4.69) is 39.6 Å². The molecule has 0 atom stereocenters. The smallest absolute Gasteiger partial charge is 0.235 e. The summed E-state index contributed by atoms with van der Waals surface area (Å²) in [5.41, 5.74) is 4.68. The minimum absolute atomic E-state index is 0.0231. The molecule has 6 heteroatoms. The normalized spacial score (nSPS) is 15.0. The van der Waals surface area contributed by atoms with E-state index < -0.39 is 0 Å². The Bertz CT molecular complexity index is 630. The van der Waals surface area contributed by atoms with Crippen molar-refractivity contribution in [3.63, 3.8) is 0 Å². The summed E-state index contributed by atoms with van der Waals surface area (Å²) in [5, 5.41) is 2.47. The lowest BCUT2D eigenvalue weighted by Crippen LogP contribution is -2.18. The molecule has 1 aliphatic carbocycles. The largest absolute Gasteiger partial charge is 0.311 e. The van der Waals surface area contributed by atoms with Crippen LogP contribution in [0.25, 0.3) is 11.4 Å². The molecule has 4 rings (SSSR count). The first-order valence-corrected chi connectivity index (χ1v) is 7.48. The first-order chi connectivity index (χ1) is 9.74. The number of thioether (sulfide) groups is 1. The molecular formula is C14H11N3OS2. The molecule has 1 fully saturated rings. The maximum absolute atomic E-state index is 10.2. The summed E-state index contributed by atoms with van der Waals surface area (Å²) in [6, 6.07) is 8.18. The SMILES string of the molecule is O=C1CSC(=S)N1.c1cnc2c(c1)Cc1cccnc1-2. The van der Waals surface area contributed by atoms with Crippen LogP contribution in [0.3, 0.4) is 0 Å². The number of nitrogens with zero attached hydrogens (tertiary/aromatic N) is 2. The van der Waals surface area contributed by atoms with Crippen LogP contribution in [0.4, 0.5) is 0 Å². The highest BCUT2D eigenvalue weighted by Crippen LogP contribution is 2.31. The van der Waals surface area contributed by atoms with Gasteiger partial charge < -0.3 is 5.32 Å². The van der Waals surface area contributed by atoms with Gasteiger partial charge >= 0.3 is 0 Å². The van der Waals surface area contributed by atoms with Crippen molar-refractivity contribution in [2.45, 2.75) is 6.42 Å². The van der Waals surface area contributed by atoms with Crippen LogP contribution >= 0.6 is 24.0 Å². The highest BCUT2D eigenvalue weighted by atomic mass is 32.2. The molecule has 0 aromatic carbocycles. The molecule has 3 heterocycles. The lowest BCUT2D eigenvalue weighted by Gasteiger charge is -1.95. The van der Waals surface area contributed by atoms with E-state index in [4.69, 9.17) is 0 Å². The van der Waals surface area contributed by atoms with Gasteiger partial charge in [-0.2, -0.15) is 0 Å². The maximum atomic E-state index is 10.2. The first-order valence-electron chi connectivity index (χ1n) is 6.09. The van der Waals surface area contributed by atoms with Gasteiger partial charge in [-0.05, 0) is 23.3 Å². The van der Waals surface area contributed by atoms with Gasteiger partial charge in [-0.15, -0.1) is 0 Å². The molecule has 4 nitrogen and oxygen atoms in total. The standard InChI is InChI=1S/C11H8N2.C3H3NOS2/c1-3-8-7-9-4-2-6-13-11(9)10(8)12-5-1;5-2-1-7-3(6)4-2/h1-6H,7H2;1H2,(H,4,5,6). The summed E-state index contributed by atoms with van der Waals surface area (Å²) in [7, 11) is 0. The zero-order valence-corrected chi connectivity index (χ0v) is 12.1. The van der Waals surface area contributed by atoms with E-state index in [1.54, 1.807) is 0 Å². The Morgan fingerprint density at radius 2 is 1.70 bits per heavy atom. The minimum atomic E-state index is 0.0231. The second kappa shape index (κ2) is 5.68. The molecular weight excluding hydrogens is 290 g/mol. The molecule has 20 heavy (non-hydrogen) atoms. The third-order valence-electron chi connectivity index (χ3n) is 2.96. The number of fused-ring (bicyclic) bond motifs is 3.